The van der Waals surface area contributed by atoms with E-state index in [1.54, 1.807) is 13.8 Å². The van der Waals surface area contributed by atoms with Crippen molar-refractivity contribution in [1.29, 1.82) is 0 Å². The normalized spacial score (nSPS) is 12.1. The van der Waals surface area contributed by atoms with Crippen molar-refractivity contribution in [3.8, 4) is 0 Å². The van der Waals surface area contributed by atoms with Gasteiger partial charge in [-0.1, -0.05) is 0 Å². The summed E-state index contributed by atoms with van der Waals surface area (Å²) in [5.74, 6) is 0.0612. The van der Waals surface area contributed by atoms with E-state index in [1.165, 1.54) is 0 Å². The van der Waals surface area contributed by atoms with Crippen molar-refractivity contribution in [3.05, 3.63) is 0 Å². The van der Waals surface area contributed by atoms with E-state index in [1.807, 2.05) is 0 Å². The zero-order valence-electron chi connectivity index (χ0n) is 14.5. The van der Waals surface area contributed by atoms with Crippen LogP contribution in [0.15, 0.2) is 0 Å². The molecule has 0 aromatic rings. The van der Waals surface area contributed by atoms with Crippen LogP contribution in [0.3, 0.4) is 0 Å². The van der Waals surface area contributed by atoms with Crippen LogP contribution in [0.1, 0.15) is 26.7 Å². The summed E-state index contributed by atoms with van der Waals surface area (Å²) >= 11 is 0. The molecule has 0 aliphatic rings. The lowest BCUT2D eigenvalue weighted by Crippen LogP contribution is -2.44. The molecular formula is C14H32N2O3Si2. The molecule has 0 aliphatic heterocycles. The van der Waals surface area contributed by atoms with Crippen molar-refractivity contribution in [2.45, 2.75) is 65.0 Å². The molecule has 0 atom stereocenters. The first kappa shape index (κ1) is 20.3. The summed E-state index contributed by atoms with van der Waals surface area (Å²) in [7, 11) is -3.34. The van der Waals surface area contributed by atoms with Crippen LogP contribution < -0.4 is 10.6 Å². The third-order valence-electron chi connectivity index (χ3n) is 3.21. The molecule has 21 heavy (non-hydrogen) atoms. The molecule has 2 amide bonds. The zero-order chi connectivity index (χ0) is 16.5. The Morgan fingerprint density at radius 3 is 1.43 bits per heavy atom. The highest BCUT2D eigenvalue weighted by atomic mass is 28.4. The van der Waals surface area contributed by atoms with Crippen LogP contribution in [0.4, 0.5) is 0 Å². The Morgan fingerprint density at radius 1 is 0.810 bits per heavy atom. The number of carbonyl (C=O) groups excluding carboxylic acids is 2. The van der Waals surface area contributed by atoms with Gasteiger partial charge in [-0.15, -0.1) is 0 Å². The number of hydrogen-bond donors (Lipinski definition) is 2. The molecule has 0 aromatic carbocycles. The molecule has 7 heteroatoms. The molecule has 0 aliphatic carbocycles. The molecule has 0 aromatic heterocycles. The number of nitrogens with one attached hydrogen (secondary N) is 2. The van der Waals surface area contributed by atoms with Gasteiger partial charge in [0.25, 0.3) is 0 Å². The maximum Gasteiger partial charge on any atom is 0.216 e. The Morgan fingerprint density at radius 2 is 1.14 bits per heavy atom. The highest BCUT2D eigenvalue weighted by Gasteiger charge is 2.32. The predicted molar refractivity (Wildman–Crippen MR) is 92.3 cm³/mol. The maximum atomic E-state index is 10.8. The minimum atomic E-state index is -1.67. The SMILES string of the molecule is CC(=O)NCCC[Si](C)(C)O[Si](C)(C)CCCNC(C)=O. The van der Waals surface area contributed by atoms with Gasteiger partial charge >= 0.3 is 0 Å². The van der Waals surface area contributed by atoms with Gasteiger partial charge in [-0.2, -0.15) is 0 Å². The molecule has 0 fully saturated rings. The van der Waals surface area contributed by atoms with Crippen LogP contribution in [-0.4, -0.2) is 41.5 Å². The molecule has 5 nitrogen and oxygen atoms in total. The molecule has 124 valence electrons. The third kappa shape index (κ3) is 12.8. The van der Waals surface area contributed by atoms with Crippen LogP contribution in [0.5, 0.6) is 0 Å². The highest BCUT2D eigenvalue weighted by Crippen LogP contribution is 2.23. The van der Waals surface area contributed by atoms with Gasteiger partial charge in [0.2, 0.25) is 11.8 Å². The maximum absolute atomic E-state index is 10.8. The minimum absolute atomic E-state index is 0.0306. The lowest BCUT2D eigenvalue weighted by Gasteiger charge is -2.34. The summed E-state index contributed by atoms with van der Waals surface area (Å²) in [5.41, 5.74) is 0. The summed E-state index contributed by atoms with van der Waals surface area (Å²) in [6.45, 7) is 13.6. The fraction of sp³-hybridized carbons (Fsp3) is 0.857. The van der Waals surface area contributed by atoms with Crippen LogP contribution in [0, 0.1) is 0 Å². The molecule has 0 saturated heterocycles. The zero-order valence-corrected chi connectivity index (χ0v) is 16.5. The molecule has 2 N–H and O–H groups in total. The van der Waals surface area contributed by atoms with E-state index in [4.69, 9.17) is 4.12 Å². The van der Waals surface area contributed by atoms with Gasteiger partial charge < -0.3 is 14.7 Å². The van der Waals surface area contributed by atoms with Crippen LogP contribution in [0.25, 0.3) is 0 Å². The second kappa shape index (κ2) is 9.37. The van der Waals surface area contributed by atoms with E-state index >= 15 is 0 Å². The van der Waals surface area contributed by atoms with Crippen LogP contribution >= 0.6 is 0 Å². The average molecular weight is 333 g/mol. The molecule has 0 radical (unpaired) electrons. The third-order valence-corrected chi connectivity index (χ3v) is 10.7. The predicted octanol–water partition coefficient (Wildman–Crippen LogP) is 2.47. The summed E-state index contributed by atoms with van der Waals surface area (Å²) in [6, 6.07) is 2.13. The quantitative estimate of drug-likeness (QED) is 0.477. The fourth-order valence-electron chi connectivity index (χ4n) is 2.41. The van der Waals surface area contributed by atoms with E-state index in [0.29, 0.717) is 0 Å². The first-order chi connectivity index (χ1) is 9.54. The number of hydrogen-bond acceptors (Lipinski definition) is 3. The second-order valence-corrected chi connectivity index (χ2v) is 15.6. The van der Waals surface area contributed by atoms with Crippen LogP contribution in [-0.2, 0) is 13.7 Å². The average Bonchev–Trinajstić information content (AvgIpc) is 2.28. The molecule has 0 saturated carbocycles. The Hall–Kier alpha value is -0.666. The van der Waals surface area contributed by atoms with E-state index < -0.39 is 16.6 Å². The molecule has 0 rings (SSSR count). The largest absolute Gasteiger partial charge is 0.455 e. The first-order valence-electron chi connectivity index (χ1n) is 7.73. The molecule has 0 unspecified atom stereocenters. The van der Waals surface area contributed by atoms with Gasteiger partial charge in [0.15, 0.2) is 16.6 Å². The van der Waals surface area contributed by atoms with Gasteiger partial charge in [-0.05, 0) is 51.1 Å². The number of rotatable bonds is 10. The standard InChI is InChI=1S/C14H32N2O3Si2/c1-13(17)15-9-7-11-20(3,4)19-21(5,6)12-8-10-16-14(2)18/h7-12H2,1-6H3,(H,15,17)(H,16,18). The van der Waals surface area contributed by atoms with Gasteiger partial charge in [0.05, 0.1) is 0 Å². The van der Waals surface area contributed by atoms with Crippen LogP contribution in [0.2, 0.25) is 38.3 Å². The van der Waals surface area contributed by atoms with Crippen molar-refractivity contribution in [3.63, 3.8) is 0 Å². The fourth-order valence-corrected chi connectivity index (χ4v) is 11.3. The Kier molecular flexibility index (Phi) is 9.07. The lowest BCUT2D eigenvalue weighted by atomic mass is 10.5. The smallest absolute Gasteiger partial charge is 0.216 e. The summed E-state index contributed by atoms with van der Waals surface area (Å²) < 4.78 is 6.49. The van der Waals surface area contributed by atoms with E-state index in [2.05, 4.69) is 36.8 Å². The Balaban J connectivity index is 4.03. The van der Waals surface area contributed by atoms with Gasteiger partial charge in [-0.3, -0.25) is 9.59 Å². The van der Waals surface area contributed by atoms with Crippen molar-refractivity contribution >= 4 is 28.4 Å². The number of carbonyl (C=O) groups is 2. The summed E-state index contributed by atoms with van der Waals surface area (Å²) in [6.07, 6.45) is 1.96. The minimum Gasteiger partial charge on any atom is -0.455 e. The topological polar surface area (TPSA) is 67.4 Å². The van der Waals surface area contributed by atoms with E-state index in [-0.39, 0.29) is 11.8 Å². The Bertz CT molecular complexity index is 315. The summed E-state index contributed by atoms with van der Waals surface area (Å²) in [5, 5.41) is 5.66. The second-order valence-electron chi connectivity index (χ2n) is 6.79. The van der Waals surface area contributed by atoms with Crippen molar-refractivity contribution < 1.29 is 13.7 Å². The molecule has 0 bridgehead atoms. The van der Waals surface area contributed by atoms with E-state index in [9.17, 15) is 9.59 Å². The van der Waals surface area contributed by atoms with E-state index in [0.717, 1.165) is 38.0 Å². The van der Waals surface area contributed by atoms with Gasteiger partial charge in [0, 0.05) is 26.9 Å². The lowest BCUT2D eigenvalue weighted by molar-refractivity contribution is -0.119. The first-order valence-corrected chi connectivity index (χ1v) is 14.0. The van der Waals surface area contributed by atoms with Crippen molar-refractivity contribution in [1.82, 2.24) is 10.6 Å². The van der Waals surface area contributed by atoms with Crippen molar-refractivity contribution in [2.24, 2.45) is 0 Å². The molecular weight excluding hydrogens is 300 g/mol. The Labute approximate surface area is 131 Å². The van der Waals surface area contributed by atoms with Crippen molar-refractivity contribution in [2.75, 3.05) is 13.1 Å². The monoisotopic (exact) mass is 332 g/mol. The van der Waals surface area contributed by atoms with Gasteiger partial charge in [0.1, 0.15) is 0 Å². The highest BCUT2D eigenvalue weighted by molar-refractivity contribution is 6.84. The van der Waals surface area contributed by atoms with Gasteiger partial charge in [-0.25, -0.2) is 0 Å². The molecule has 0 heterocycles. The summed E-state index contributed by atoms with van der Waals surface area (Å²) in [4.78, 5) is 21.7. The number of amides is 2. The molecule has 0 spiro atoms.